The summed E-state index contributed by atoms with van der Waals surface area (Å²) in [7, 11) is 0. The fraction of sp³-hybridized carbons (Fsp3) is 0.0526. The summed E-state index contributed by atoms with van der Waals surface area (Å²) >= 11 is 0. The predicted molar refractivity (Wildman–Crippen MR) is 83.1 cm³/mol. The molecule has 1 heteroatoms. The molecule has 0 aliphatic carbocycles. The van der Waals surface area contributed by atoms with Gasteiger partial charge in [0.25, 0.3) is 0 Å². The van der Waals surface area contributed by atoms with Crippen LogP contribution in [-0.2, 0) is 11.3 Å². The predicted octanol–water partition coefficient (Wildman–Crippen LogP) is 4.87. The summed E-state index contributed by atoms with van der Waals surface area (Å²) in [5.41, 5.74) is 3.64. The van der Waals surface area contributed by atoms with Gasteiger partial charge in [0.1, 0.15) is 12.4 Å². The Morgan fingerprint density at radius 1 is 0.750 bits per heavy atom. The molecule has 0 N–H and O–H groups in total. The molecule has 0 aromatic heterocycles. The molecule has 20 heavy (non-hydrogen) atoms. The Morgan fingerprint density at radius 3 is 2.50 bits per heavy atom. The lowest BCUT2D eigenvalue weighted by Gasteiger charge is -2.18. The van der Waals surface area contributed by atoms with Crippen LogP contribution in [0.4, 0.5) is 0 Å². The number of benzene rings is 3. The lowest BCUT2D eigenvalue weighted by molar-refractivity contribution is 0.262. The Balaban J connectivity index is 1.82. The van der Waals surface area contributed by atoms with Crippen LogP contribution in [-0.4, -0.2) is 0 Å². The van der Waals surface area contributed by atoms with E-state index in [4.69, 9.17) is 4.74 Å². The molecule has 4 rings (SSSR count). The third-order valence-corrected chi connectivity index (χ3v) is 3.76. The summed E-state index contributed by atoms with van der Waals surface area (Å²) in [5.74, 6) is 0.953. The van der Waals surface area contributed by atoms with E-state index in [0.717, 1.165) is 11.3 Å². The van der Waals surface area contributed by atoms with E-state index in [9.17, 15) is 0 Å². The molecule has 0 saturated carbocycles. The molecule has 1 aliphatic rings. The van der Waals surface area contributed by atoms with Gasteiger partial charge in [0.15, 0.2) is 0 Å². The van der Waals surface area contributed by atoms with Crippen molar-refractivity contribution in [1.29, 1.82) is 0 Å². The van der Waals surface area contributed by atoms with Crippen molar-refractivity contribution in [3.8, 4) is 0 Å². The van der Waals surface area contributed by atoms with Gasteiger partial charge < -0.3 is 4.74 Å². The van der Waals surface area contributed by atoms with Crippen LogP contribution >= 0.6 is 0 Å². The lowest BCUT2D eigenvalue weighted by Crippen LogP contribution is -2.01. The minimum Gasteiger partial charge on any atom is -0.488 e. The molecular formula is C19H14O. The average Bonchev–Trinajstić information content (AvgIpc) is 2.54. The van der Waals surface area contributed by atoms with Crippen LogP contribution in [0.3, 0.4) is 0 Å². The molecule has 0 atom stereocenters. The Morgan fingerprint density at radius 2 is 1.55 bits per heavy atom. The van der Waals surface area contributed by atoms with Gasteiger partial charge in [-0.15, -0.1) is 0 Å². The topological polar surface area (TPSA) is 9.23 Å². The second-order valence-corrected chi connectivity index (χ2v) is 5.06. The van der Waals surface area contributed by atoms with Gasteiger partial charge in [-0.2, -0.15) is 0 Å². The van der Waals surface area contributed by atoms with E-state index in [2.05, 4.69) is 72.8 Å². The van der Waals surface area contributed by atoms with Gasteiger partial charge in [-0.1, -0.05) is 60.7 Å². The van der Waals surface area contributed by atoms with Crippen molar-refractivity contribution < 1.29 is 4.74 Å². The average molecular weight is 258 g/mol. The summed E-state index contributed by atoms with van der Waals surface area (Å²) in [4.78, 5) is 0. The molecule has 0 amide bonds. The van der Waals surface area contributed by atoms with Gasteiger partial charge in [0.2, 0.25) is 0 Å². The van der Waals surface area contributed by atoms with Crippen molar-refractivity contribution in [3.63, 3.8) is 0 Å². The fourth-order valence-corrected chi connectivity index (χ4v) is 2.65. The molecule has 1 aliphatic heterocycles. The number of fused-ring (bicyclic) bond motifs is 2. The molecule has 96 valence electrons. The molecule has 0 bridgehead atoms. The minimum atomic E-state index is 0.648. The fourth-order valence-electron chi connectivity index (χ4n) is 2.65. The molecule has 1 nitrogen and oxygen atoms in total. The quantitative estimate of drug-likeness (QED) is 0.605. The van der Waals surface area contributed by atoms with Gasteiger partial charge in [0, 0.05) is 5.56 Å². The first-order valence-electron chi connectivity index (χ1n) is 6.82. The minimum absolute atomic E-state index is 0.648. The Kier molecular flexibility index (Phi) is 2.56. The van der Waals surface area contributed by atoms with Crippen LogP contribution in [0.5, 0.6) is 0 Å². The number of rotatable bonds is 1. The van der Waals surface area contributed by atoms with Crippen LogP contribution < -0.4 is 0 Å². The highest BCUT2D eigenvalue weighted by molar-refractivity contribution is 5.88. The molecule has 3 aromatic carbocycles. The highest BCUT2D eigenvalue weighted by Crippen LogP contribution is 2.29. The molecule has 0 spiro atoms. The summed E-state index contributed by atoms with van der Waals surface area (Å²) in [6.45, 7) is 0.648. The number of hydrogen-bond donors (Lipinski definition) is 0. The van der Waals surface area contributed by atoms with Crippen LogP contribution in [0.25, 0.3) is 22.6 Å². The van der Waals surface area contributed by atoms with Crippen LogP contribution in [0.2, 0.25) is 0 Å². The number of ether oxygens (including phenoxy) is 1. The van der Waals surface area contributed by atoms with Gasteiger partial charge >= 0.3 is 0 Å². The standard InChI is InChI=1S/C19H14O/c1-2-6-15-11-17(10-9-14(15)5-1)19-12-16-7-3-4-8-18(16)13-20-19/h1-12H,13H2. The van der Waals surface area contributed by atoms with Gasteiger partial charge in [-0.05, 0) is 34.0 Å². The highest BCUT2D eigenvalue weighted by atomic mass is 16.5. The summed E-state index contributed by atoms with van der Waals surface area (Å²) in [6, 6.07) is 23.2. The van der Waals surface area contributed by atoms with Crippen molar-refractivity contribution in [3.05, 3.63) is 83.4 Å². The van der Waals surface area contributed by atoms with Crippen molar-refractivity contribution in [1.82, 2.24) is 0 Å². The normalized spacial score (nSPS) is 13.5. The monoisotopic (exact) mass is 258 g/mol. The summed E-state index contributed by atoms with van der Waals surface area (Å²) < 4.78 is 5.90. The molecular weight excluding hydrogens is 244 g/mol. The second-order valence-electron chi connectivity index (χ2n) is 5.06. The largest absolute Gasteiger partial charge is 0.488 e. The van der Waals surface area contributed by atoms with Crippen molar-refractivity contribution in [2.24, 2.45) is 0 Å². The zero-order chi connectivity index (χ0) is 13.4. The number of hydrogen-bond acceptors (Lipinski definition) is 1. The first-order valence-corrected chi connectivity index (χ1v) is 6.82. The maximum Gasteiger partial charge on any atom is 0.127 e. The molecule has 1 heterocycles. The summed E-state index contributed by atoms with van der Waals surface area (Å²) in [6.07, 6.45) is 2.13. The van der Waals surface area contributed by atoms with Gasteiger partial charge in [-0.3, -0.25) is 0 Å². The van der Waals surface area contributed by atoms with E-state index >= 15 is 0 Å². The smallest absolute Gasteiger partial charge is 0.127 e. The van der Waals surface area contributed by atoms with E-state index in [1.165, 1.54) is 21.9 Å². The Labute approximate surface area is 118 Å². The van der Waals surface area contributed by atoms with Crippen LogP contribution in [0, 0.1) is 0 Å². The SMILES string of the molecule is C1=C(c2ccc3ccccc3c2)OCc2ccccc21. The Hall–Kier alpha value is -2.54. The Bertz CT molecular complexity index is 815. The molecule has 0 radical (unpaired) electrons. The maximum absolute atomic E-state index is 5.90. The molecule has 0 unspecified atom stereocenters. The second kappa shape index (κ2) is 4.53. The lowest BCUT2D eigenvalue weighted by atomic mass is 10.0. The van der Waals surface area contributed by atoms with Crippen molar-refractivity contribution in [2.45, 2.75) is 6.61 Å². The first-order chi connectivity index (χ1) is 9.90. The molecule has 0 fully saturated rings. The first kappa shape index (κ1) is 11.3. The van der Waals surface area contributed by atoms with E-state index in [-0.39, 0.29) is 0 Å². The van der Waals surface area contributed by atoms with E-state index < -0.39 is 0 Å². The highest BCUT2D eigenvalue weighted by Gasteiger charge is 2.12. The third kappa shape index (κ3) is 1.88. The molecule has 0 saturated heterocycles. The van der Waals surface area contributed by atoms with Crippen LogP contribution in [0.1, 0.15) is 16.7 Å². The van der Waals surface area contributed by atoms with Gasteiger partial charge in [0.05, 0.1) is 0 Å². The molecule has 3 aromatic rings. The van der Waals surface area contributed by atoms with E-state index in [1.807, 2.05) is 0 Å². The zero-order valence-electron chi connectivity index (χ0n) is 11.0. The van der Waals surface area contributed by atoms with E-state index in [0.29, 0.717) is 6.61 Å². The van der Waals surface area contributed by atoms with Crippen molar-refractivity contribution in [2.75, 3.05) is 0 Å². The van der Waals surface area contributed by atoms with Crippen LogP contribution in [0.15, 0.2) is 66.7 Å². The van der Waals surface area contributed by atoms with Gasteiger partial charge in [-0.25, -0.2) is 0 Å². The van der Waals surface area contributed by atoms with E-state index in [1.54, 1.807) is 0 Å². The van der Waals surface area contributed by atoms with Crippen molar-refractivity contribution >= 4 is 22.6 Å². The summed E-state index contributed by atoms with van der Waals surface area (Å²) in [5, 5.41) is 2.50. The maximum atomic E-state index is 5.90. The zero-order valence-corrected chi connectivity index (χ0v) is 11.0. The third-order valence-electron chi connectivity index (χ3n) is 3.76.